The van der Waals surface area contributed by atoms with Gasteiger partial charge in [-0.2, -0.15) is 0 Å². The third kappa shape index (κ3) is 40.0. The number of esters is 2. The molecular formula is C43H82NO8P. The Bertz CT molecular complexity index is 928. The van der Waals surface area contributed by atoms with Crippen molar-refractivity contribution in [2.45, 2.75) is 213 Å². The summed E-state index contributed by atoms with van der Waals surface area (Å²) in [6.45, 7) is 3.70. The van der Waals surface area contributed by atoms with Crippen LogP contribution in [-0.4, -0.2) is 49.3 Å². The fourth-order valence-electron chi connectivity index (χ4n) is 6.06. The van der Waals surface area contributed by atoms with Crippen LogP contribution in [0, 0.1) is 0 Å². The van der Waals surface area contributed by atoms with E-state index in [1.54, 1.807) is 0 Å². The van der Waals surface area contributed by atoms with Crippen molar-refractivity contribution in [3.63, 3.8) is 0 Å². The maximum Gasteiger partial charge on any atom is 0.472 e. The van der Waals surface area contributed by atoms with E-state index in [1.807, 2.05) is 6.08 Å². The average molecular weight is 772 g/mol. The minimum absolute atomic E-state index is 0.0493. The predicted octanol–water partition coefficient (Wildman–Crippen LogP) is 12.4. The van der Waals surface area contributed by atoms with Crippen LogP contribution in [0.5, 0.6) is 0 Å². The molecule has 10 heteroatoms. The van der Waals surface area contributed by atoms with Gasteiger partial charge in [-0.15, -0.1) is 0 Å². The Balaban J connectivity index is 4.17. The molecule has 0 aromatic rings. The average Bonchev–Trinajstić information content (AvgIpc) is 3.14. The summed E-state index contributed by atoms with van der Waals surface area (Å²) < 4.78 is 32.7. The van der Waals surface area contributed by atoms with E-state index >= 15 is 0 Å². The molecule has 0 saturated carbocycles. The van der Waals surface area contributed by atoms with Gasteiger partial charge in [0.2, 0.25) is 0 Å². The molecule has 0 aromatic carbocycles. The molecule has 2 atom stereocenters. The Morgan fingerprint density at radius 3 is 1.42 bits per heavy atom. The number of rotatable bonds is 41. The summed E-state index contributed by atoms with van der Waals surface area (Å²) >= 11 is 0. The molecule has 0 saturated heterocycles. The molecule has 1 unspecified atom stereocenters. The van der Waals surface area contributed by atoms with E-state index in [0.717, 1.165) is 44.9 Å². The standard InChI is InChI=1S/C43H82NO8P/c1-3-5-7-9-11-13-15-17-19-20-22-23-25-27-29-31-33-35-42(45)49-39-41(40-51-53(47,48)50-38-37-44)52-43(46)36-34-32-30-28-26-24-21-18-16-14-12-10-8-6-4-2/h17,19,30,32,41H,3-16,18,20-29,31,33-40,44H2,1-2H3,(H,47,48)/b19-17+,32-30+/t41-/m1/s1. The number of phosphoric acid groups is 1. The lowest BCUT2D eigenvalue weighted by molar-refractivity contribution is -0.161. The minimum atomic E-state index is -4.38. The Kier molecular flexibility index (Phi) is 39.0. The van der Waals surface area contributed by atoms with Crippen molar-refractivity contribution in [3.05, 3.63) is 24.3 Å². The normalized spacial score (nSPS) is 13.5. The van der Waals surface area contributed by atoms with Gasteiger partial charge >= 0.3 is 19.8 Å². The molecule has 0 rings (SSSR count). The van der Waals surface area contributed by atoms with E-state index in [-0.39, 0.29) is 32.6 Å². The molecule has 312 valence electrons. The highest BCUT2D eigenvalue weighted by Gasteiger charge is 2.25. The lowest BCUT2D eigenvalue weighted by atomic mass is 10.1. The molecule has 0 bridgehead atoms. The summed E-state index contributed by atoms with van der Waals surface area (Å²) in [6.07, 6.45) is 42.2. The molecule has 0 heterocycles. The topological polar surface area (TPSA) is 134 Å². The van der Waals surface area contributed by atoms with Crippen molar-refractivity contribution in [3.8, 4) is 0 Å². The van der Waals surface area contributed by atoms with Gasteiger partial charge in [0, 0.05) is 19.4 Å². The molecule has 0 aliphatic carbocycles. The number of phosphoric ester groups is 1. The molecular weight excluding hydrogens is 689 g/mol. The second-order valence-electron chi connectivity index (χ2n) is 14.6. The number of hydrogen-bond acceptors (Lipinski definition) is 8. The van der Waals surface area contributed by atoms with Gasteiger partial charge in [-0.1, -0.05) is 167 Å². The lowest BCUT2D eigenvalue weighted by Gasteiger charge is -2.19. The fraction of sp³-hybridized carbons (Fsp3) is 0.860. The molecule has 3 N–H and O–H groups in total. The maximum atomic E-state index is 12.5. The van der Waals surface area contributed by atoms with Crippen molar-refractivity contribution in [1.82, 2.24) is 0 Å². The van der Waals surface area contributed by atoms with E-state index < -0.39 is 32.5 Å². The van der Waals surface area contributed by atoms with Crippen LogP contribution in [-0.2, 0) is 32.7 Å². The summed E-state index contributed by atoms with van der Waals surface area (Å²) in [6, 6.07) is 0. The number of hydrogen-bond donors (Lipinski definition) is 2. The molecule has 0 radical (unpaired) electrons. The van der Waals surface area contributed by atoms with Crippen LogP contribution in [0.25, 0.3) is 0 Å². The number of unbranched alkanes of at least 4 members (excludes halogenated alkanes) is 24. The molecule has 0 fully saturated rings. The maximum absolute atomic E-state index is 12.5. The van der Waals surface area contributed by atoms with E-state index in [1.165, 1.54) is 128 Å². The largest absolute Gasteiger partial charge is 0.472 e. The summed E-state index contributed by atoms with van der Waals surface area (Å²) in [5.74, 6) is -0.885. The first-order valence-corrected chi connectivity index (χ1v) is 23.3. The number of nitrogens with two attached hydrogens (primary N) is 1. The monoisotopic (exact) mass is 772 g/mol. The van der Waals surface area contributed by atoms with Gasteiger partial charge in [0.15, 0.2) is 6.10 Å². The van der Waals surface area contributed by atoms with E-state index in [2.05, 4.69) is 32.1 Å². The quantitative estimate of drug-likeness (QED) is 0.0269. The Morgan fingerprint density at radius 2 is 0.962 bits per heavy atom. The molecule has 0 amide bonds. The van der Waals surface area contributed by atoms with Crippen LogP contribution in [0.2, 0.25) is 0 Å². The lowest BCUT2D eigenvalue weighted by Crippen LogP contribution is -2.29. The van der Waals surface area contributed by atoms with Crippen molar-refractivity contribution >= 4 is 19.8 Å². The third-order valence-corrected chi connectivity index (χ3v) is 10.3. The zero-order valence-electron chi connectivity index (χ0n) is 34.3. The molecule has 0 spiro atoms. The second-order valence-corrected chi connectivity index (χ2v) is 16.0. The SMILES string of the molecule is CCCCCCCC/C=C/CCCCCCCCCC(=O)OC[C@H](COP(=O)(O)OCCN)OC(=O)CC/C=C/CCCCCCCCCCCCC. The smallest absolute Gasteiger partial charge is 0.462 e. The van der Waals surface area contributed by atoms with E-state index in [4.69, 9.17) is 24.3 Å². The van der Waals surface area contributed by atoms with Gasteiger partial charge in [-0.25, -0.2) is 4.57 Å². The summed E-state index contributed by atoms with van der Waals surface area (Å²) in [7, 11) is -4.38. The van der Waals surface area contributed by atoms with E-state index in [0.29, 0.717) is 6.42 Å². The van der Waals surface area contributed by atoms with Crippen LogP contribution >= 0.6 is 7.82 Å². The second kappa shape index (κ2) is 40.2. The van der Waals surface area contributed by atoms with Gasteiger partial charge in [-0.3, -0.25) is 18.6 Å². The van der Waals surface area contributed by atoms with Crippen molar-refractivity contribution in [2.75, 3.05) is 26.4 Å². The van der Waals surface area contributed by atoms with Crippen LogP contribution in [0.1, 0.15) is 206 Å². The molecule has 53 heavy (non-hydrogen) atoms. The summed E-state index contributed by atoms with van der Waals surface area (Å²) in [5.41, 5.74) is 5.34. The van der Waals surface area contributed by atoms with Crippen molar-refractivity contribution < 1.29 is 37.6 Å². The van der Waals surface area contributed by atoms with Crippen LogP contribution in [0.15, 0.2) is 24.3 Å². The van der Waals surface area contributed by atoms with Crippen molar-refractivity contribution in [1.29, 1.82) is 0 Å². The summed E-state index contributed by atoms with van der Waals surface area (Å²) in [4.78, 5) is 34.8. The van der Waals surface area contributed by atoms with Gasteiger partial charge in [0.25, 0.3) is 0 Å². The van der Waals surface area contributed by atoms with Crippen LogP contribution < -0.4 is 5.73 Å². The van der Waals surface area contributed by atoms with Gasteiger partial charge in [-0.05, 0) is 51.4 Å². The highest BCUT2D eigenvalue weighted by molar-refractivity contribution is 7.47. The minimum Gasteiger partial charge on any atom is -0.462 e. The number of allylic oxidation sites excluding steroid dienone is 4. The number of ether oxygens (including phenoxy) is 2. The van der Waals surface area contributed by atoms with Gasteiger partial charge < -0.3 is 20.1 Å². The van der Waals surface area contributed by atoms with Gasteiger partial charge in [0.05, 0.1) is 13.2 Å². The third-order valence-electron chi connectivity index (χ3n) is 9.32. The molecule has 9 nitrogen and oxygen atoms in total. The Hall–Kier alpha value is -1.51. The number of carbonyl (C=O) groups is 2. The predicted molar refractivity (Wildman–Crippen MR) is 220 cm³/mol. The highest BCUT2D eigenvalue weighted by Crippen LogP contribution is 2.43. The Labute approximate surface area is 325 Å². The van der Waals surface area contributed by atoms with Crippen LogP contribution in [0.4, 0.5) is 0 Å². The van der Waals surface area contributed by atoms with Crippen LogP contribution in [0.3, 0.4) is 0 Å². The first-order chi connectivity index (χ1) is 25.8. The first kappa shape index (κ1) is 51.5. The highest BCUT2D eigenvalue weighted by atomic mass is 31.2. The molecule has 0 aliphatic rings. The Morgan fingerprint density at radius 1 is 0.547 bits per heavy atom. The van der Waals surface area contributed by atoms with E-state index in [9.17, 15) is 19.0 Å². The number of carbonyl (C=O) groups excluding carboxylic acids is 2. The zero-order chi connectivity index (χ0) is 38.9. The van der Waals surface area contributed by atoms with Crippen molar-refractivity contribution in [2.24, 2.45) is 5.73 Å². The first-order valence-electron chi connectivity index (χ1n) is 21.8. The van der Waals surface area contributed by atoms with Gasteiger partial charge in [0.1, 0.15) is 6.61 Å². The zero-order valence-corrected chi connectivity index (χ0v) is 35.2. The summed E-state index contributed by atoms with van der Waals surface area (Å²) in [5, 5.41) is 0. The molecule has 0 aromatic heterocycles. The molecule has 0 aliphatic heterocycles. The fourth-order valence-corrected chi connectivity index (χ4v) is 6.82.